The van der Waals surface area contributed by atoms with Gasteiger partial charge in [0.1, 0.15) is 6.54 Å². The first-order valence-electron chi connectivity index (χ1n) is 12.1. The predicted molar refractivity (Wildman–Crippen MR) is 140 cm³/mol. The van der Waals surface area contributed by atoms with Crippen molar-refractivity contribution >= 4 is 33.2 Å². The number of carbonyl (C=O) groups is 1. The first-order valence-corrected chi connectivity index (χ1v) is 13.9. The van der Waals surface area contributed by atoms with Crippen LogP contribution in [-0.2, 0) is 34.1 Å². The van der Waals surface area contributed by atoms with Crippen molar-refractivity contribution in [3.8, 4) is 0 Å². The number of carbonyl (C=O) groups excluding carboxylic acids is 1. The van der Waals surface area contributed by atoms with Crippen molar-refractivity contribution in [1.29, 1.82) is 0 Å². The molecule has 3 aromatic rings. The van der Waals surface area contributed by atoms with E-state index >= 15 is 0 Å². The third kappa shape index (κ3) is 6.67. The van der Waals surface area contributed by atoms with Crippen LogP contribution in [0.4, 0.5) is 18.9 Å². The maximum absolute atomic E-state index is 13.5. The summed E-state index contributed by atoms with van der Waals surface area (Å²) in [4.78, 5) is 15.2. The molecule has 1 aliphatic heterocycles. The molecule has 38 heavy (non-hydrogen) atoms. The van der Waals surface area contributed by atoms with Gasteiger partial charge in [-0.25, -0.2) is 8.42 Å². The van der Waals surface area contributed by atoms with Crippen LogP contribution in [-0.4, -0.2) is 38.9 Å². The summed E-state index contributed by atoms with van der Waals surface area (Å²) in [5, 5.41) is 2.49. The highest BCUT2D eigenvalue weighted by molar-refractivity contribution is 7.92. The third-order valence-electron chi connectivity index (χ3n) is 6.35. The molecule has 1 amide bonds. The van der Waals surface area contributed by atoms with Crippen LogP contribution in [0.1, 0.15) is 29.5 Å². The maximum Gasteiger partial charge on any atom is 0.416 e. The van der Waals surface area contributed by atoms with Crippen molar-refractivity contribution in [2.24, 2.45) is 0 Å². The van der Waals surface area contributed by atoms with Gasteiger partial charge in [-0.2, -0.15) is 13.2 Å². The molecule has 1 N–H and O–H groups in total. The Kier molecular flexibility index (Phi) is 8.64. The average molecular weight is 566 g/mol. The van der Waals surface area contributed by atoms with Gasteiger partial charge in [-0.1, -0.05) is 54.1 Å². The fourth-order valence-electron chi connectivity index (χ4n) is 4.35. The lowest BCUT2D eigenvalue weighted by atomic mass is 10.1. The van der Waals surface area contributed by atoms with Gasteiger partial charge in [-0.3, -0.25) is 14.0 Å². The Morgan fingerprint density at radius 3 is 2.24 bits per heavy atom. The molecule has 0 aromatic heterocycles. The minimum atomic E-state index is -4.73. The SMILES string of the molecule is O=C(CN(c1cc(C(F)(F)F)ccc1Cl)S(=O)(=O)c1ccccc1)NCc1ccccc1CN1CCCC1. The smallest absolute Gasteiger partial charge is 0.350 e. The van der Waals surface area contributed by atoms with Gasteiger partial charge in [0.05, 0.1) is 21.2 Å². The Hall–Kier alpha value is -3.08. The van der Waals surface area contributed by atoms with Crippen molar-refractivity contribution in [3.63, 3.8) is 0 Å². The number of halogens is 4. The largest absolute Gasteiger partial charge is 0.416 e. The molecule has 0 spiro atoms. The van der Waals surface area contributed by atoms with Gasteiger partial charge in [0, 0.05) is 13.1 Å². The first kappa shape index (κ1) is 27.9. The monoisotopic (exact) mass is 565 g/mol. The highest BCUT2D eigenvalue weighted by Gasteiger charge is 2.34. The summed E-state index contributed by atoms with van der Waals surface area (Å²) in [5.41, 5.74) is 0.406. The Morgan fingerprint density at radius 2 is 1.58 bits per heavy atom. The minimum Gasteiger partial charge on any atom is -0.350 e. The number of anilines is 1. The highest BCUT2D eigenvalue weighted by Crippen LogP contribution is 2.37. The molecule has 0 aliphatic carbocycles. The molecule has 11 heteroatoms. The molecule has 0 radical (unpaired) electrons. The van der Waals surface area contributed by atoms with Crippen LogP contribution in [0.2, 0.25) is 5.02 Å². The van der Waals surface area contributed by atoms with E-state index in [1.54, 1.807) is 6.07 Å². The summed E-state index contributed by atoms with van der Waals surface area (Å²) in [6.07, 6.45) is -2.45. The van der Waals surface area contributed by atoms with E-state index in [1.165, 1.54) is 24.3 Å². The fourth-order valence-corrected chi connectivity index (χ4v) is 6.07. The van der Waals surface area contributed by atoms with Crippen LogP contribution < -0.4 is 9.62 Å². The van der Waals surface area contributed by atoms with Crippen molar-refractivity contribution in [2.75, 3.05) is 23.9 Å². The molecular weight excluding hydrogens is 539 g/mol. The van der Waals surface area contributed by atoms with Gasteiger partial charge in [-0.15, -0.1) is 0 Å². The van der Waals surface area contributed by atoms with E-state index in [4.69, 9.17) is 11.6 Å². The van der Waals surface area contributed by atoms with Crippen LogP contribution in [0.5, 0.6) is 0 Å². The first-order chi connectivity index (χ1) is 18.1. The number of sulfonamides is 1. The second-order valence-electron chi connectivity index (χ2n) is 9.02. The van der Waals surface area contributed by atoms with Gasteiger partial charge in [0.15, 0.2) is 0 Å². The zero-order valence-corrected chi connectivity index (χ0v) is 22.0. The number of benzene rings is 3. The van der Waals surface area contributed by atoms with Crippen LogP contribution >= 0.6 is 11.6 Å². The molecule has 0 atom stereocenters. The van der Waals surface area contributed by atoms with Gasteiger partial charge in [0.25, 0.3) is 10.0 Å². The molecule has 0 bridgehead atoms. The Bertz CT molecular complexity index is 1380. The van der Waals surface area contributed by atoms with Crippen molar-refractivity contribution in [1.82, 2.24) is 10.2 Å². The molecule has 0 saturated carbocycles. The quantitative estimate of drug-likeness (QED) is 0.374. The van der Waals surface area contributed by atoms with Crippen LogP contribution in [0.25, 0.3) is 0 Å². The third-order valence-corrected chi connectivity index (χ3v) is 8.44. The van der Waals surface area contributed by atoms with E-state index in [2.05, 4.69) is 10.2 Å². The number of hydrogen-bond acceptors (Lipinski definition) is 4. The second kappa shape index (κ2) is 11.8. The fraction of sp³-hybridized carbons (Fsp3) is 0.296. The number of likely N-dealkylation sites (tertiary alicyclic amines) is 1. The number of alkyl halides is 3. The van der Waals surface area contributed by atoms with Crippen LogP contribution in [0.15, 0.2) is 77.7 Å². The van der Waals surface area contributed by atoms with Crippen molar-refractivity contribution in [3.05, 3.63) is 94.5 Å². The van der Waals surface area contributed by atoms with Gasteiger partial charge in [-0.05, 0) is 67.4 Å². The summed E-state index contributed by atoms with van der Waals surface area (Å²) in [6.45, 7) is 2.13. The number of nitrogens with zero attached hydrogens (tertiary/aromatic N) is 2. The molecule has 1 aliphatic rings. The summed E-state index contributed by atoms with van der Waals surface area (Å²) in [7, 11) is -4.43. The molecule has 1 heterocycles. The number of hydrogen-bond donors (Lipinski definition) is 1. The van der Waals surface area contributed by atoms with Crippen molar-refractivity contribution < 1.29 is 26.4 Å². The topological polar surface area (TPSA) is 69.7 Å². The van der Waals surface area contributed by atoms with Crippen LogP contribution in [0.3, 0.4) is 0 Å². The molecular formula is C27H27ClF3N3O3S. The summed E-state index contributed by atoms with van der Waals surface area (Å²) in [5.74, 6) is -0.686. The van der Waals surface area contributed by atoms with E-state index in [0.29, 0.717) is 10.4 Å². The summed E-state index contributed by atoms with van der Waals surface area (Å²) < 4.78 is 68.0. The lowest BCUT2D eigenvalue weighted by molar-refractivity contribution is -0.137. The Balaban J connectivity index is 1.60. The van der Waals surface area contributed by atoms with Crippen LogP contribution in [0, 0.1) is 0 Å². The van der Waals surface area contributed by atoms with E-state index < -0.39 is 39.9 Å². The number of nitrogens with one attached hydrogen (secondary N) is 1. The molecule has 1 fully saturated rings. The summed E-state index contributed by atoms with van der Waals surface area (Å²) >= 11 is 6.18. The molecule has 6 nitrogen and oxygen atoms in total. The normalized spacial score (nSPS) is 14.4. The minimum absolute atomic E-state index is 0.137. The standard InChI is InChI=1S/C27H27ClF3N3O3S/c28-24-13-12-22(27(29,30)31)16-25(24)34(38(36,37)23-10-2-1-3-11-23)19-26(35)32-17-20-8-4-5-9-21(20)18-33-14-6-7-15-33/h1-5,8-13,16H,6-7,14-15,17-19H2,(H,32,35). The molecule has 202 valence electrons. The summed E-state index contributed by atoms with van der Waals surface area (Å²) in [6, 6.07) is 17.2. The second-order valence-corrected chi connectivity index (χ2v) is 11.3. The van der Waals surface area contributed by atoms with Crippen molar-refractivity contribution in [2.45, 2.75) is 37.0 Å². The van der Waals surface area contributed by atoms with Gasteiger partial charge < -0.3 is 5.32 Å². The Labute approximate surface area is 225 Å². The molecule has 4 rings (SSSR count). The zero-order valence-electron chi connectivity index (χ0n) is 20.4. The average Bonchev–Trinajstić information content (AvgIpc) is 3.40. The maximum atomic E-state index is 13.5. The highest BCUT2D eigenvalue weighted by atomic mass is 35.5. The van der Waals surface area contributed by atoms with Gasteiger partial charge >= 0.3 is 6.18 Å². The van der Waals surface area contributed by atoms with E-state index in [9.17, 15) is 26.4 Å². The lowest BCUT2D eigenvalue weighted by Crippen LogP contribution is -2.41. The van der Waals surface area contributed by atoms with E-state index in [-0.39, 0.29) is 16.5 Å². The van der Waals surface area contributed by atoms with E-state index in [0.717, 1.165) is 55.7 Å². The predicted octanol–water partition coefficient (Wildman–Crippen LogP) is 5.47. The Morgan fingerprint density at radius 1 is 0.947 bits per heavy atom. The molecule has 3 aromatic carbocycles. The van der Waals surface area contributed by atoms with E-state index in [1.807, 2.05) is 24.3 Å². The van der Waals surface area contributed by atoms with Gasteiger partial charge in [0.2, 0.25) is 5.91 Å². The number of rotatable bonds is 9. The molecule has 1 saturated heterocycles. The molecule has 0 unspecified atom stereocenters. The zero-order chi connectivity index (χ0) is 27.3. The lowest BCUT2D eigenvalue weighted by Gasteiger charge is -2.26. The number of amides is 1.